The zero-order chi connectivity index (χ0) is 18.2. The maximum absolute atomic E-state index is 12.1. The summed E-state index contributed by atoms with van der Waals surface area (Å²) >= 11 is 7.23. The van der Waals surface area contributed by atoms with Crippen molar-refractivity contribution in [3.63, 3.8) is 0 Å². The molecule has 0 unspecified atom stereocenters. The number of carbonyl (C=O) groups excluding carboxylic acids is 1. The summed E-state index contributed by atoms with van der Waals surface area (Å²) in [6, 6.07) is 7.11. The first-order valence-corrected chi connectivity index (χ1v) is 9.73. The van der Waals surface area contributed by atoms with Crippen molar-refractivity contribution < 1.29 is 19.0 Å². The van der Waals surface area contributed by atoms with Gasteiger partial charge in [0.2, 0.25) is 0 Å². The quantitative estimate of drug-likeness (QED) is 0.659. The maximum atomic E-state index is 12.1. The van der Waals surface area contributed by atoms with Crippen molar-refractivity contribution in [1.29, 1.82) is 0 Å². The summed E-state index contributed by atoms with van der Waals surface area (Å²) in [6.45, 7) is 3.52. The number of aromatic nitrogens is 1. The SMILES string of the molecule is O=C(NCCOC[C@H]1CCOC1)c1csc(COc2ccc(Cl)cc2)n1. The molecule has 1 aromatic carbocycles. The van der Waals surface area contributed by atoms with Crippen molar-refractivity contribution in [2.24, 2.45) is 5.92 Å². The molecule has 140 valence electrons. The van der Waals surface area contributed by atoms with Crippen LogP contribution in [0.5, 0.6) is 5.75 Å². The molecule has 0 bridgehead atoms. The van der Waals surface area contributed by atoms with Crippen molar-refractivity contribution in [1.82, 2.24) is 10.3 Å². The van der Waals surface area contributed by atoms with Crippen LogP contribution in [0.4, 0.5) is 0 Å². The van der Waals surface area contributed by atoms with Crippen LogP contribution >= 0.6 is 22.9 Å². The average molecular weight is 397 g/mol. The fraction of sp³-hybridized carbons (Fsp3) is 0.444. The summed E-state index contributed by atoms with van der Waals surface area (Å²) in [4.78, 5) is 16.4. The minimum Gasteiger partial charge on any atom is -0.486 e. The molecule has 0 radical (unpaired) electrons. The molecule has 2 aromatic rings. The Labute approximate surface area is 161 Å². The molecule has 1 amide bonds. The smallest absolute Gasteiger partial charge is 0.270 e. The first-order chi connectivity index (χ1) is 12.7. The third-order valence-electron chi connectivity index (χ3n) is 3.87. The van der Waals surface area contributed by atoms with Crippen LogP contribution in [0.2, 0.25) is 5.02 Å². The van der Waals surface area contributed by atoms with Crippen molar-refractivity contribution in [2.75, 3.05) is 33.0 Å². The van der Waals surface area contributed by atoms with Crippen LogP contribution in [-0.4, -0.2) is 43.9 Å². The fourth-order valence-corrected chi connectivity index (χ4v) is 3.26. The molecule has 1 fully saturated rings. The summed E-state index contributed by atoms with van der Waals surface area (Å²) in [6.07, 6.45) is 1.05. The average Bonchev–Trinajstić information content (AvgIpc) is 3.33. The van der Waals surface area contributed by atoms with Crippen LogP contribution in [0.3, 0.4) is 0 Å². The zero-order valence-electron chi connectivity index (χ0n) is 14.3. The molecule has 1 atom stereocenters. The van der Waals surface area contributed by atoms with E-state index in [1.807, 2.05) is 0 Å². The summed E-state index contributed by atoms with van der Waals surface area (Å²) < 4.78 is 16.5. The molecule has 1 aromatic heterocycles. The number of halogens is 1. The Morgan fingerprint density at radius 2 is 2.23 bits per heavy atom. The number of benzene rings is 1. The number of ether oxygens (including phenoxy) is 3. The predicted octanol–water partition coefficient (Wildman–Crippen LogP) is 3.16. The predicted molar refractivity (Wildman–Crippen MR) is 100.0 cm³/mol. The van der Waals surface area contributed by atoms with Crippen LogP contribution in [0.1, 0.15) is 21.9 Å². The normalized spacial score (nSPS) is 16.6. The molecule has 0 saturated carbocycles. The number of carbonyl (C=O) groups is 1. The van der Waals surface area contributed by atoms with Gasteiger partial charge in [-0.2, -0.15) is 0 Å². The lowest BCUT2D eigenvalue weighted by Gasteiger charge is -2.09. The molecule has 1 aliphatic heterocycles. The highest BCUT2D eigenvalue weighted by Gasteiger charge is 2.15. The van der Waals surface area contributed by atoms with Gasteiger partial charge in [0, 0.05) is 29.5 Å². The molecule has 26 heavy (non-hydrogen) atoms. The van der Waals surface area contributed by atoms with Gasteiger partial charge in [0.1, 0.15) is 23.1 Å². The second kappa shape index (κ2) is 9.87. The van der Waals surface area contributed by atoms with Gasteiger partial charge in [-0.25, -0.2) is 4.98 Å². The van der Waals surface area contributed by atoms with E-state index in [0.29, 0.717) is 48.7 Å². The fourth-order valence-electron chi connectivity index (χ4n) is 2.45. The van der Waals surface area contributed by atoms with Crippen LogP contribution < -0.4 is 10.1 Å². The number of nitrogens with one attached hydrogen (secondary N) is 1. The molecular weight excluding hydrogens is 376 g/mol. The van der Waals surface area contributed by atoms with Gasteiger partial charge in [-0.3, -0.25) is 4.79 Å². The van der Waals surface area contributed by atoms with Crippen LogP contribution in [0, 0.1) is 5.92 Å². The van der Waals surface area contributed by atoms with Gasteiger partial charge in [-0.15, -0.1) is 11.3 Å². The van der Waals surface area contributed by atoms with Gasteiger partial charge in [0.15, 0.2) is 0 Å². The highest BCUT2D eigenvalue weighted by molar-refractivity contribution is 7.09. The lowest BCUT2D eigenvalue weighted by molar-refractivity contribution is 0.0821. The Morgan fingerprint density at radius 1 is 1.38 bits per heavy atom. The van der Waals surface area contributed by atoms with Crippen LogP contribution in [0.25, 0.3) is 0 Å². The van der Waals surface area contributed by atoms with Gasteiger partial charge in [0.05, 0.1) is 19.8 Å². The van der Waals surface area contributed by atoms with Crippen molar-refractivity contribution in [3.8, 4) is 5.75 Å². The van der Waals surface area contributed by atoms with Gasteiger partial charge in [-0.05, 0) is 30.7 Å². The molecule has 3 rings (SSSR count). The second-order valence-electron chi connectivity index (χ2n) is 5.93. The molecule has 1 N–H and O–H groups in total. The number of hydrogen-bond donors (Lipinski definition) is 1. The Morgan fingerprint density at radius 3 is 3.00 bits per heavy atom. The Hall–Kier alpha value is -1.67. The summed E-state index contributed by atoms with van der Waals surface area (Å²) in [5.74, 6) is 0.986. The Balaban J connectivity index is 1.35. The Bertz CT molecular complexity index is 701. The number of amides is 1. The number of hydrogen-bond acceptors (Lipinski definition) is 6. The van der Waals surface area contributed by atoms with E-state index in [9.17, 15) is 4.79 Å². The number of nitrogens with zero attached hydrogens (tertiary/aromatic N) is 1. The van der Waals surface area contributed by atoms with Crippen LogP contribution in [-0.2, 0) is 16.1 Å². The first kappa shape index (κ1) is 19.1. The topological polar surface area (TPSA) is 69.7 Å². The third kappa shape index (κ3) is 5.95. The van der Waals surface area contributed by atoms with Crippen molar-refractivity contribution in [3.05, 3.63) is 45.4 Å². The van der Waals surface area contributed by atoms with Gasteiger partial charge in [0.25, 0.3) is 5.91 Å². The van der Waals surface area contributed by atoms with E-state index in [1.165, 1.54) is 11.3 Å². The third-order valence-corrected chi connectivity index (χ3v) is 4.94. The number of rotatable bonds is 9. The van der Waals surface area contributed by atoms with E-state index < -0.39 is 0 Å². The first-order valence-electron chi connectivity index (χ1n) is 8.47. The second-order valence-corrected chi connectivity index (χ2v) is 7.31. The molecule has 8 heteroatoms. The van der Waals surface area contributed by atoms with Gasteiger partial charge in [-0.1, -0.05) is 11.6 Å². The lowest BCUT2D eigenvalue weighted by Crippen LogP contribution is -2.28. The minimum atomic E-state index is -0.202. The highest BCUT2D eigenvalue weighted by Crippen LogP contribution is 2.18. The van der Waals surface area contributed by atoms with Crippen LogP contribution in [0.15, 0.2) is 29.6 Å². The standard InChI is InChI=1S/C18H21ClN2O4S/c19-14-1-3-15(4-2-14)25-11-17-21-16(12-26-17)18(22)20-6-8-24-10-13-5-7-23-9-13/h1-4,12-13H,5-11H2,(H,20,22)/t13-/m0/s1. The van der Waals surface area contributed by atoms with E-state index in [-0.39, 0.29) is 5.91 Å². The van der Waals surface area contributed by atoms with E-state index >= 15 is 0 Å². The minimum absolute atomic E-state index is 0.202. The molecule has 2 heterocycles. The molecule has 0 spiro atoms. The van der Waals surface area contributed by atoms with E-state index in [2.05, 4.69) is 10.3 Å². The molecule has 0 aliphatic carbocycles. The zero-order valence-corrected chi connectivity index (χ0v) is 15.9. The van der Waals surface area contributed by atoms with Crippen molar-refractivity contribution >= 4 is 28.8 Å². The largest absolute Gasteiger partial charge is 0.486 e. The van der Waals surface area contributed by atoms with E-state index in [0.717, 1.165) is 24.6 Å². The number of thiazole rings is 1. The molecule has 1 aliphatic rings. The lowest BCUT2D eigenvalue weighted by atomic mass is 10.1. The van der Waals surface area contributed by atoms with Crippen molar-refractivity contribution in [2.45, 2.75) is 13.0 Å². The Kier molecular flexibility index (Phi) is 7.25. The molecule has 1 saturated heterocycles. The molecule has 6 nitrogen and oxygen atoms in total. The van der Waals surface area contributed by atoms with Gasteiger partial charge >= 0.3 is 0 Å². The van der Waals surface area contributed by atoms with E-state index in [4.69, 9.17) is 25.8 Å². The monoisotopic (exact) mass is 396 g/mol. The summed E-state index contributed by atoms with van der Waals surface area (Å²) in [7, 11) is 0. The summed E-state index contributed by atoms with van der Waals surface area (Å²) in [5, 5.41) is 5.94. The highest BCUT2D eigenvalue weighted by atomic mass is 35.5. The maximum Gasteiger partial charge on any atom is 0.270 e. The van der Waals surface area contributed by atoms with Gasteiger partial charge < -0.3 is 19.5 Å². The summed E-state index contributed by atoms with van der Waals surface area (Å²) in [5.41, 5.74) is 0.397. The molecular formula is C18H21ClN2O4S. The van der Waals surface area contributed by atoms with E-state index in [1.54, 1.807) is 29.6 Å².